The summed E-state index contributed by atoms with van der Waals surface area (Å²) in [4.78, 5) is 4.54. The van der Waals surface area contributed by atoms with Crippen molar-refractivity contribution in [2.75, 3.05) is 0 Å². The summed E-state index contributed by atoms with van der Waals surface area (Å²) in [5.41, 5.74) is 2.13. The van der Waals surface area contributed by atoms with E-state index < -0.39 is 0 Å². The van der Waals surface area contributed by atoms with E-state index in [0.717, 1.165) is 32.2 Å². The van der Waals surface area contributed by atoms with Gasteiger partial charge in [-0.3, -0.25) is 0 Å². The molecule has 0 bridgehead atoms. The molecule has 0 aliphatic rings. The number of ether oxygens (including phenoxy) is 1. The third-order valence-electron chi connectivity index (χ3n) is 2.86. The van der Waals surface area contributed by atoms with E-state index in [-0.39, 0.29) is 0 Å². The lowest BCUT2D eigenvalue weighted by Crippen LogP contribution is -1.90. The van der Waals surface area contributed by atoms with Crippen LogP contribution >= 0.6 is 38.9 Å². The van der Waals surface area contributed by atoms with E-state index in [1.807, 2.05) is 54.6 Å². The Morgan fingerprint density at radius 1 is 1.05 bits per heavy atom. The zero-order chi connectivity index (χ0) is 14.7. The molecule has 0 saturated heterocycles. The van der Waals surface area contributed by atoms with Gasteiger partial charge in [0.1, 0.15) is 5.75 Å². The lowest BCUT2D eigenvalue weighted by molar-refractivity contribution is 0.477. The van der Waals surface area contributed by atoms with Crippen molar-refractivity contribution in [1.29, 1.82) is 0 Å². The van der Waals surface area contributed by atoms with E-state index >= 15 is 0 Å². The van der Waals surface area contributed by atoms with Gasteiger partial charge in [0.2, 0.25) is 0 Å². The molecule has 0 spiro atoms. The fourth-order valence-electron chi connectivity index (χ4n) is 1.85. The van der Waals surface area contributed by atoms with Crippen LogP contribution in [0.4, 0.5) is 0 Å². The van der Waals surface area contributed by atoms with Crippen molar-refractivity contribution in [2.45, 2.75) is 6.42 Å². The maximum atomic E-state index is 5.90. The van der Waals surface area contributed by atoms with Crippen molar-refractivity contribution in [3.05, 3.63) is 74.7 Å². The van der Waals surface area contributed by atoms with Crippen LogP contribution in [0.5, 0.6) is 10.9 Å². The van der Waals surface area contributed by atoms with Gasteiger partial charge in [0.25, 0.3) is 5.19 Å². The first-order valence-corrected chi connectivity index (χ1v) is 8.32. The number of halogens is 2. The monoisotopic (exact) mass is 379 g/mol. The summed E-state index contributed by atoms with van der Waals surface area (Å²) in [7, 11) is 0. The molecule has 2 nitrogen and oxygen atoms in total. The minimum atomic E-state index is 0.636. The van der Waals surface area contributed by atoms with Crippen LogP contribution in [0.1, 0.15) is 11.3 Å². The highest BCUT2D eigenvalue weighted by Gasteiger charge is 2.11. The molecule has 1 heterocycles. The molecule has 0 fully saturated rings. The lowest BCUT2D eigenvalue weighted by Gasteiger charge is -2.00. The molecule has 3 aromatic rings. The zero-order valence-electron chi connectivity index (χ0n) is 10.9. The maximum absolute atomic E-state index is 5.90. The van der Waals surface area contributed by atoms with Crippen molar-refractivity contribution in [2.24, 2.45) is 0 Å². The van der Waals surface area contributed by atoms with E-state index in [2.05, 4.69) is 20.9 Å². The Hall–Kier alpha value is -1.36. The van der Waals surface area contributed by atoms with Crippen LogP contribution in [0.25, 0.3) is 0 Å². The number of benzene rings is 2. The van der Waals surface area contributed by atoms with Crippen LogP contribution < -0.4 is 4.74 Å². The van der Waals surface area contributed by atoms with Gasteiger partial charge in [0.15, 0.2) is 0 Å². The quantitative estimate of drug-likeness (QED) is 0.558. The fourth-order valence-corrected chi connectivity index (χ4v) is 3.30. The molecule has 0 radical (unpaired) electrons. The van der Waals surface area contributed by atoms with Crippen molar-refractivity contribution in [1.82, 2.24) is 4.98 Å². The van der Waals surface area contributed by atoms with Gasteiger partial charge in [0.05, 0.1) is 9.48 Å². The van der Waals surface area contributed by atoms with Gasteiger partial charge >= 0.3 is 0 Å². The highest BCUT2D eigenvalue weighted by Crippen LogP contribution is 2.34. The molecule has 1 aromatic heterocycles. The second-order valence-corrected chi connectivity index (χ2v) is 7.13. The summed E-state index contributed by atoms with van der Waals surface area (Å²) < 4.78 is 6.74. The Balaban J connectivity index is 1.76. The van der Waals surface area contributed by atoms with Gasteiger partial charge in [-0.15, -0.1) is 0 Å². The predicted octanol–water partition coefficient (Wildman–Crippen LogP) is 5.94. The van der Waals surface area contributed by atoms with Gasteiger partial charge in [-0.05, 0) is 45.8 Å². The van der Waals surface area contributed by atoms with Crippen molar-refractivity contribution in [3.63, 3.8) is 0 Å². The molecule has 0 saturated carbocycles. The molecule has 0 aliphatic heterocycles. The van der Waals surface area contributed by atoms with Crippen LogP contribution in [0.3, 0.4) is 0 Å². The first-order valence-electron chi connectivity index (χ1n) is 6.33. The van der Waals surface area contributed by atoms with Crippen LogP contribution in [0.2, 0.25) is 5.02 Å². The normalized spacial score (nSPS) is 10.6. The Bertz CT molecular complexity index is 728. The number of aromatic nitrogens is 1. The van der Waals surface area contributed by atoms with Gasteiger partial charge in [-0.1, -0.05) is 53.3 Å². The second-order valence-electron chi connectivity index (χ2n) is 4.42. The number of rotatable bonds is 4. The zero-order valence-corrected chi connectivity index (χ0v) is 14.1. The van der Waals surface area contributed by atoms with E-state index in [4.69, 9.17) is 16.3 Å². The number of hydrogen-bond donors (Lipinski definition) is 0. The van der Waals surface area contributed by atoms with Crippen LogP contribution in [-0.2, 0) is 6.42 Å². The summed E-state index contributed by atoms with van der Waals surface area (Å²) in [6.07, 6.45) is 0.742. The van der Waals surface area contributed by atoms with E-state index in [1.165, 1.54) is 11.3 Å². The molecular weight excluding hydrogens is 370 g/mol. The Kier molecular flexibility index (Phi) is 4.58. The van der Waals surface area contributed by atoms with Gasteiger partial charge < -0.3 is 4.74 Å². The molecule has 2 aromatic carbocycles. The highest BCUT2D eigenvalue weighted by molar-refractivity contribution is 9.11. The molecule has 106 valence electrons. The van der Waals surface area contributed by atoms with Gasteiger partial charge in [0, 0.05) is 11.4 Å². The van der Waals surface area contributed by atoms with Crippen molar-refractivity contribution < 1.29 is 4.74 Å². The van der Waals surface area contributed by atoms with Gasteiger partial charge in [-0.25, -0.2) is 4.98 Å². The molecule has 5 heteroatoms. The molecule has 0 atom stereocenters. The third-order valence-corrected chi connectivity index (χ3v) is 4.82. The summed E-state index contributed by atoms with van der Waals surface area (Å²) in [6.45, 7) is 0. The molecule has 0 amide bonds. The van der Waals surface area contributed by atoms with Crippen LogP contribution in [0.15, 0.2) is 58.4 Å². The van der Waals surface area contributed by atoms with E-state index in [0.29, 0.717) is 5.19 Å². The molecule has 0 N–H and O–H groups in total. The van der Waals surface area contributed by atoms with E-state index in [9.17, 15) is 0 Å². The van der Waals surface area contributed by atoms with Crippen LogP contribution in [-0.4, -0.2) is 4.98 Å². The highest BCUT2D eigenvalue weighted by atomic mass is 79.9. The topological polar surface area (TPSA) is 22.1 Å². The average molecular weight is 381 g/mol. The molecule has 0 unspecified atom stereocenters. The van der Waals surface area contributed by atoms with Gasteiger partial charge in [-0.2, -0.15) is 0 Å². The summed E-state index contributed by atoms with van der Waals surface area (Å²) in [5, 5.41) is 1.38. The maximum Gasteiger partial charge on any atom is 0.280 e. The van der Waals surface area contributed by atoms with Crippen molar-refractivity contribution in [3.8, 4) is 10.9 Å². The average Bonchev–Trinajstić information content (AvgIpc) is 2.82. The first-order chi connectivity index (χ1) is 10.2. The number of hydrogen-bond acceptors (Lipinski definition) is 3. The smallest absolute Gasteiger partial charge is 0.280 e. The Morgan fingerprint density at radius 3 is 2.48 bits per heavy atom. The lowest BCUT2D eigenvalue weighted by atomic mass is 10.1. The fraction of sp³-hybridized carbons (Fsp3) is 0.0625. The molecular formula is C16H11BrClNOS. The summed E-state index contributed by atoms with van der Waals surface area (Å²) in [5.74, 6) is 0.789. The third kappa shape index (κ3) is 3.84. The molecule has 3 rings (SSSR count). The number of para-hydroxylation sites is 1. The first kappa shape index (κ1) is 14.6. The second kappa shape index (κ2) is 6.60. The molecule has 21 heavy (non-hydrogen) atoms. The Labute approximate surface area is 140 Å². The van der Waals surface area contributed by atoms with Crippen LogP contribution in [0, 0.1) is 0 Å². The largest absolute Gasteiger partial charge is 0.431 e. The van der Waals surface area contributed by atoms with E-state index in [1.54, 1.807) is 0 Å². The minimum absolute atomic E-state index is 0.636. The molecule has 0 aliphatic carbocycles. The standard InChI is InChI=1S/C16H11BrClNOS/c17-15-14(10-11-6-8-12(18)9-7-11)19-16(21-15)20-13-4-2-1-3-5-13/h1-9H,10H2. The number of thiazole rings is 1. The Morgan fingerprint density at radius 2 is 1.76 bits per heavy atom. The van der Waals surface area contributed by atoms with Crippen molar-refractivity contribution >= 4 is 38.9 Å². The predicted molar refractivity (Wildman–Crippen MR) is 90.6 cm³/mol. The summed E-state index contributed by atoms with van der Waals surface area (Å²) in [6, 6.07) is 17.4. The summed E-state index contributed by atoms with van der Waals surface area (Å²) >= 11 is 10.9. The number of nitrogens with zero attached hydrogens (tertiary/aromatic N) is 1. The SMILES string of the molecule is Clc1ccc(Cc2nc(Oc3ccccc3)sc2Br)cc1. The minimum Gasteiger partial charge on any atom is -0.431 e.